The maximum absolute atomic E-state index is 14.7. The van der Waals surface area contributed by atoms with Crippen molar-refractivity contribution in [3.63, 3.8) is 0 Å². The van der Waals surface area contributed by atoms with Crippen molar-refractivity contribution in [2.45, 2.75) is 39.0 Å². The Kier molecular flexibility index (Phi) is 14.8. The van der Waals surface area contributed by atoms with E-state index in [1.54, 1.807) is 6.92 Å². The molecule has 0 atom stereocenters. The summed E-state index contributed by atoms with van der Waals surface area (Å²) in [5, 5.41) is 0. The first-order chi connectivity index (χ1) is 23.1. The van der Waals surface area contributed by atoms with Crippen molar-refractivity contribution in [1.82, 2.24) is 0 Å². The molecule has 0 aliphatic carbocycles. The van der Waals surface area contributed by atoms with Gasteiger partial charge in [-0.05, 0) is 81.1 Å². The monoisotopic (exact) mass is 666 g/mol. The van der Waals surface area contributed by atoms with E-state index >= 15 is 0 Å². The van der Waals surface area contributed by atoms with Crippen molar-refractivity contribution in [2.24, 2.45) is 0 Å². The van der Waals surface area contributed by atoms with Crippen LogP contribution in [-0.4, -0.2) is 50.3 Å². The second-order valence-corrected chi connectivity index (χ2v) is 10.3. The van der Waals surface area contributed by atoms with Crippen molar-refractivity contribution in [3.8, 4) is 23.0 Å². The molecule has 0 aliphatic rings. The van der Waals surface area contributed by atoms with Gasteiger partial charge in [0, 0.05) is 30.2 Å². The van der Waals surface area contributed by atoms with E-state index in [0.29, 0.717) is 36.7 Å². The van der Waals surface area contributed by atoms with E-state index in [9.17, 15) is 28.0 Å². The molecule has 0 fully saturated rings. The number of benzene rings is 3. The van der Waals surface area contributed by atoms with Gasteiger partial charge in [-0.25, -0.2) is 28.0 Å². The highest BCUT2D eigenvalue weighted by Gasteiger charge is 2.20. The molecule has 3 aromatic rings. The van der Waals surface area contributed by atoms with Crippen molar-refractivity contribution >= 4 is 23.9 Å². The number of ether oxygens (including phenoxy) is 6. The smallest absolute Gasteiger partial charge is 0.343 e. The van der Waals surface area contributed by atoms with Crippen LogP contribution in [-0.2, 0) is 19.1 Å². The Bertz CT molecular complexity index is 1560. The molecule has 3 aromatic carbocycles. The summed E-state index contributed by atoms with van der Waals surface area (Å²) in [7, 11) is 0. The lowest BCUT2D eigenvalue weighted by molar-refractivity contribution is -0.139. The van der Waals surface area contributed by atoms with Gasteiger partial charge in [0.2, 0.25) is 5.75 Å². The highest BCUT2D eigenvalue weighted by molar-refractivity contribution is 5.92. The molecule has 0 aromatic heterocycles. The van der Waals surface area contributed by atoms with Gasteiger partial charge in [0.1, 0.15) is 17.2 Å². The predicted octanol–water partition coefficient (Wildman–Crippen LogP) is 6.96. The number of unbranched alkanes of at least 4 members (excludes halogenated alkanes) is 3. The number of rotatable bonds is 19. The van der Waals surface area contributed by atoms with Crippen molar-refractivity contribution in [2.75, 3.05) is 26.4 Å². The fourth-order valence-electron chi connectivity index (χ4n) is 3.90. The van der Waals surface area contributed by atoms with Crippen LogP contribution in [0.3, 0.4) is 0 Å². The lowest BCUT2D eigenvalue weighted by Crippen LogP contribution is -2.12. The zero-order valence-electron chi connectivity index (χ0n) is 26.5. The van der Waals surface area contributed by atoms with Crippen molar-refractivity contribution < 1.29 is 56.4 Å². The number of halogens is 2. The Hall–Kier alpha value is -5.52. The Balaban J connectivity index is 1.43. The molecule has 0 aliphatic heterocycles. The minimum Gasteiger partial charge on any atom is -0.494 e. The molecular formula is C36H36F2O10. The average Bonchev–Trinajstić information content (AvgIpc) is 3.07. The number of carbonyl (C=O) groups excluding carboxylic acids is 4. The van der Waals surface area contributed by atoms with Crippen LogP contribution >= 0.6 is 0 Å². The van der Waals surface area contributed by atoms with E-state index in [0.717, 1.165) is 43.9 Å². The van der Waals surface area contributed by atoms with Gasteiger partial charge in [0.05, 0.1) is 37.6 Å². The largest absolute Gasteiger partial charge is 0.494 e. The molecule has 12 heteroatoms. The second-order valence-electron chi connectivity index (χ2n) is 10.3. The number of hydrogen-bond donors (Lipinski definition) is 0. The maximum Gasteiger partial charge on any atom is 0.343 e. The van der Waals surface area contributed by atoms with E-state index < -0.39 is 47.0 Å². The van der Waals surface area contributed by atoms with Crippen molar-refractivity contribution in [3.05, 3.63) is 108 Å². The second kappa shape index (κ2) is 19.2. The van der Waals surface area contributed by atoms with Gasteiger partial charge >= 0.3 is 23.9 Å². The Morgan fingerprint density at radius 1 is 0.646 bits per heavy atom. The Labute approximate surface area is 276 Å². The predicted molar refractivity (Wildman–Crippen MR) is 170 cm³/mol. The summed E-state index contributed by atoms with van der Waals surface area (Å²) >= 11 is 0. The van der Waals surface area contributed by atoms with Crippen LogP contribution in [0.2, 0.25) is 0 Å². The van der Waals surface area contributed by atoms with Gasteiger partial charge in [0.25, 0.3) is 0 Å². The molecular weight excluding hydrogens is 630 g/mol. The van der Waals surface area contributed by atoms with Gasteiger partial charge < -0.3 is 28.4 Å². The van der Waals surface area contributed by atoms with Crippen LogP contribution in [0.4, 0.5) is 8.78 Å². The lowest BCUT2D eigenvalue weighted by Gasteiger charge is -2.11. The van der Waals surface area contributed by atoms with Crippen molar-refractivity contribution in [1.29, 1.82) is 0 Å². The summed E-state index contributed by atoms with van der Waals surface area (Å²) in [6, 6.07) is 13.1. The maximum atomic E-state index is 14.7. The van der Waals surface area contributed by atoms with Gasteiger partial charge in [-0.1, -0.05) is 13.2 Å². The van der Waals surface area contributed by atoms with Crippen LogP contribution in [0.15, 0.2) is 85.5 Å². The van der Waals surface area contributed by atoms with Crippen LogP contribution in [0.1, 0.15) is 59.7 Å². The molecule has 254 valence electrons. The summed E-state index contributed by atoms with van der Waals surface area (Å²) in [6.45, 7) is 9.60. The summed E-state index contributed by atoms with van der Waals surface area (Å²) in [5.74, 6) is -5.75. The fraction of sp³-hybridized carbons (Fsp3) is 0.278. The zero-order valence-corrected chi connectivity index (χ0v) is 26.5. The van der Waals surface area contributed by atoms with Crippen LogP contribution in [0, 0.1) is 11.6 Å². The quantitative estimate of drug-likeness (QED) is 0.0574. The van der Waals surface area contributed by atoms with Crippen LogP contribution in [0.5, 0.6) is 23.0 Å². The number of carbonyl (C=O) groups is 4. The minimum absolute atomic E-state index is 0.0320. The first-order valence-electron chi connectivity index (χ1n) is 15.1. The zero-order chi connectivity index (χ0) is 34.9. The third-order valence-corrected chi connectivity index (χ3v) is 6.41. The summed E-state index contributed by atoms with van der Waals surface area (Å²) in [4.78, 5) is 47.4. The Morgan fingerprint density at radius 3 is 1.65 bits per heavy atom. The van der Waals surface area contributed by atoms with E-state index in [1.807, 2.05) is 0 Å². The summed E-state index contributed by atoms with van der Waals surface area (Å²) < 4.78 is 60.5. The highest BCUT2D eigenvalue weighted by Crippen LogP contribution is 2.29. The number of esters is 4. The highest BCUT2D eigenvalue weighted by atomic mass is 19.1. The van der Waals surface area contributed by atoms with Crippen LogP contribution < -0.4 is 18.9 Å². The van der Waals surface area contributed by atoms with Gasteiger partial charge in [-0.2, -0.15) is 0 Å². The van der Waals surface area contributed by atoms with E-state index in [-0.39, 0.29) is 24.3 Å². The van der Waals surface area contributed by atoms with Gasteiger partial charge in [-0.15, -0.1) is 0 Å². The van der Waals surface area contributed by atoms with Gasteiger partial charge in [-0.3, -0.25) is 0 Å². The molecule has 3 rings (SSSR count). The summed E-state index contributed by atoms with van der Waals surface area (Å²) in [5.41, 5.74) is 0.485. The fourth-order valence-corrected chi connectivity index (χ4v) is 3.90. The van der Waals surface area contributed by atoms with Gasteiger partial charge in [0.15, 0.2) is 11.6 Å². The SMILES string of the molecule is C=CC(=O)OCCCOc1ccc(C(=O)Oc2cc(F)c(OC(=O)c3ccc(OCCCCCCOC(=O)C(=C)C)cc3)c(F)c2)cc1. The molecule has 0 N–H and O–H groups in total. The number of hydrogen-bond acceptors (Lipinski definition) is 10. The molecule has 10 nitrogen and oxygen atoms in total. The summed E-state index contributed by atoms with van der Waals surface area (Å²) in [6.07, 6.45) is 4.73. The molecule has 48 heavy (non-hydrogen) atoms. The van der Waals surface area contributed by atoms with E-state index in [1.165, 1.54) is 48.5 Å². The molecule has 0 saturated carbocycles. The van der Waals surface area contributed by atoms with E-state index in [2.05, 4.69) is 13.2 Å². The average molecular weight is 667 g/mol. The normalized spacial score (nSPS) is 10.4. The molecule has 0 radical (unpaired) electrons. The molecule has 0 unspecified atom stereocenters. The van der Waals surface area contributed by atoms with Crippen LogP contribution in [0.25, 0.3) is 0 Å². The first kappa shape index (κ1) is 36.9. The minimum atomic E-state index is -1.25. The lowest BCUT2D eigenvalue weighted by atomic mass is 10.2. The topological polar surface area (TPSA) is 124 Å². The molecule has 0 spiro atoms. The Morgan fingerprint density at radius 2 is 1.12 bits per heavy atom. The first-order valence-corrected chi connectivity index (χ1v) is 15.1. The van der Waals surface area contributed by atoms with E-state index in [4.69, 9.17) is 28.4 Å². The third kappa shape index (κ3) is 12.3. The molecule has 0 amide bonds. The third-order valence-electron chi connectivity index (χ3n) is 6.41. The molecule has 0 saturated heterocycles. The molecule has 0 heterocycles. The standard InChI is InChI=1S/C36H36F2O10/c1-4-32(39)45-21-9-20-44-28-14-10-25(11-15-28)35(41)47-29-22-30(37)33(31(38)23-29)48-36(42)26-12-16-27(17-13-26)43-18-7-5-6-8-19-46-34(40)24(2)3/h4,10-17,22-23H,1-2,5-9,18-21H2,3H3. The molecule has 0 bridgehead atoms.